The van der Waals surface area contributed by atoms with Gasteiger partial charge in [-0.3, -0.25) is 4.68 Å². The van der Waals surface area contributed by atoms with Gasteiger partial charge in [0.15, 0.2) is 30.7 Å². The van der Waals surface area contributed by atoms with Crippen LogP contribution in [-0.4, -0.2) is 9.78 Å². The largest absolute Gasteiger partial charge is 0.435 e. The van der Waals surface area contributed by atoms with Gasteiger partial charge in [-0.05, 0) is 35.1 Å². The number of pyridine rings is 2. The van der Waals surface area contributed by atoms with Gasteiger partial charge in [0.05, 0.1) is 22.4 Å². The number of rotatable bonds is 0. The summed E-state index contributed by atoms with van der Waals surface area (Å²) < 4.78 is 63.1. The summed E-state index contributed by atoms with van der Waals surface area (Å²) in [5.74, 6) is -0.400. The van der Waals surface area contributed by atoms with E-state index in [9.17, 15) is 13.2 Å². The topological polar surface area (TPSA) is 25.6 Å². The molecule has 0 saturated heterocycles. The van der Waals surface area contributed by atoms with Crippen LogP contribution in [0.4, 0.5) is 17.6 Å². The van der Waals surface area contributed by atoms with E-state index in [1.807, 2.05) is 41.1 Å². The van der Waals surface area contributed by atoms with Crippen molar-refractivity contribution in [1.82, 2.24) is 9.78 Å². The fourth-order valence-electron chi connectivity index (χ4n) is 7.76. The molecule has 4 nitrogen and oxygen atoms in total. The van der Waals surface area contributed by atoms with Crippen molar-refractivity contribution in [2.75, 3.05) is 0 Å². The van der Waals surface area contributed by atoms with Crippen LogP contribution in [0.5, 0.6) is 0 Å². The Bertz CT molecular complexity index is 1980. The highest BCUT2D eigenvalue weighted by molar-refractivity contribution is 6.01. The van der Waals surface area contributed by atoms with Gasteiger partial charge < -0.3 is 0 Å². The zero-order valence-electron chi connectivity index (χ0n) is 23.2. The monoisotopic (exact) mass is 568 g/mol. The van der Waals surface area contributed by atoms with Gasteiger partial charge in [0.1, 0.15) is 11.5 Å². The molecule has 8 heteroatoms. The first kappa shape index (κ1) is 25.4. The molecule has 5 aromatic rings. The van der Waals surface area contributed by atoms with E-state index in [0.29, 0.717) is 29.9 Å². The van der Waals surface area contributed by atoms with E-state index < -0.39 is 17.3 Å². The van der Waals surface area contributed by atoms with E-state index in [0.717, 1.165) is 44.8 Å². The van der Waals surface area contributed by atoms with E-state index in [-0.39, 0.29) is 24.3 Å². The zero-order chi connectivity index (χ0) is 29.1. The van der Waals surface area contributed by atoms with Gasteiger partial charge in [-0.15, -0.1) is 0 Å². The van der Waals surface area contributed by atoms with Crippen molar-refractivity contribution in [3.63, 3.8) is 0 Å². The van der Waals surface area contributed by atoms with E-state index in [2.05, 4.69) is 54.5 Å². The molecule has 0 amide bonds. The van der Waals surface area contributed by atoms with Crippen molar-refractivity contribution in [2.24, 2.45) is 0 Å². The number of hydrogen-bond acceptors (Lipinski definition) is 1. The van der Waals surface area contributed by atoms with Gasteiger partial charge >= 0.3 is 6.18 Å². The average Bonchev–Trinajstić information content (AvgIpc) is 3.39. The molecule has 0 fully saturated rings. The SMILES string of the molecule is C=C1C[n+]2ccccc2-c2cc(C(F)(F)F)nn2CCC2c3ccc(F)c4c3-c3c5c(cccc5cc[n+]3C12)C4(C)C. The Morgan fingerprint density at radius 2 is 1.86 bits per heavy atom. The van der Waals surface area contributed by atoms with Crippen molar-refractivity contribution in [1.29, 1.82) is 0 Å². The fraction of sp³-hybridized carbons (Fsp3) is 0.265. The lowest BCUT2D eigenvalue weighted by molar-refractivity contribution is -0.722. The van der Waals surface area contributed by atoms with Crippen molar-refractivity contribution in [3.8, 4) is 22.6 Å². The first-order valence-corrected chi connectivity index (χ1v) is 14.2. The predicted molar refractivity (Wildman–Crippen MR) is 150 cm³/mol. The lowest BCUT2D eigenvalue weighted by Gasteiger charge is -2.40. The van der Waals surface area contributed by atoms with Crippen molar-refractivity contribution in [2.45, 2.75) is 56.9 Å². The first-order valence-electron chi connectivity index (χ1n) is 14.2. The van der Waals surface area contributed by atoms with Gasteiger partial charge in [0.2, 0.25) is 11.4 Å². The van der Waals surface area contributed by atoms with Crippen LogP contribution in [0.15, 0.2) is 85.2 Å². The Kier molecular flexibility index (Phi) is 5.06. The first-order chi connectivity index (χ1) is 20.1. The Morgan fingerprint density at radius 1 is 1.02 bits per heavy atom. The van der Waals surface area contributed by atoms with Crippen LogP contribution in [-0.2, 0) is 24.7 Å². The van der Waals surface area contributed by atoms with Gasteiger partial charge in [-0.2, -0.15) is 27.4 Å². The van der Waals surface area contributed by atoms with Crippen molar-refractivity contribution < 1.29 is 26.7 Å². The molecule has 210 valence electrons. The number of nitrogens with zero attached hydrogens (tertiary/aromatic N) is 4. The number of fused-ring (bicyclic) bond motifs is 6. The second kappa shape index (κ2) is 8.37. The molecule has 2 atom stereocenters. The molecule has 42 heavy (non-hydrogen) atoms. The maximum absolute atomic E-state index is 15.9. The Hall–Kier alpha value is -4.33. The summed E-state index contributed by atoms with van der Waals surface area (Å²) in [5, 5.41) is 6.26. The Labute approximate surface area is 240 Å². The molecule has 0 radical (unpaired) electrons. The van der Waals surface area contributed by atoms with E-state index in [1.165, 1.54) is 4.68 Å². The summed E-state index contributed by atoms with van der Waals surface area (Å²) in [6.07, 6.45) is -0.107. The van der Waals surface area contributed by atoms with Crippen LogP contribution in [0.2, 0.25) is 0 Å². The molecule has 8 rings (SSSR count). The van der Waals surface area contributed by atoms with E-state index in [1.54, 1.807) is 6.07 Å². The third-order valence-electron chi connectivity index (χ3n) is 9.53. The minimum atomic E-state index is -4.56. The molecule has 0 spiro atoms. The lowest BCUT2D eigenvalue weighted by Crippen LogP contribution is -2.52. The quantitative estimate of drug-likeness (QED) is 0.112. The standard InChI is InChI=1S/C34H28F4N4/c1-19-18-40-14-5-4-9-25(40)26-17-27(34(36,37)38)39-42(26)16-13-22-21-10-11-24(35)30-29(21)32-28-20(12-15-41(32)31(19)22)7-6-8-23(28)33(30,2)3/h4-12,14-15,17,22,31H,1,13,16,18H2,2-3H3/q+2. The van der Waals surface area contributed by atoms with E-state index in [4.69, 9.17) is 0 Å². The number of allylic oxidation sites excluding steroid dienone is 1. The molecule has 0 N–H and O–H groups in total. The molecule has 5 heterocycles. The summed E-state index contributed by atoms with van der Waals surface area (Å²) in [4.78, 5) is 0. The normalized spacial score (nSPS) is 20.1. The third kappa shape index (κ3) is 3.32. The minimum Gasteiger partial charge on any atom is -0.258 e. The second-order valence-corrected chi connectivity index (χ2v) is 12.2. The number of aromatic nitrogens is 4. The number of alkyl halides is 3. The third-order valence-corrected chi connectivity index (χ3v) is 9.53. The number of halogens is 4. The molecule has 2 aliphatic heterocycles. The second-order valence-electron chi connectivity index (χ2n) is 12.2. The van der Waals surface area contributed by atoms with Gasteiger partial charge in [-0.1, -0.05) is 44.7 Å². The van der Waals surface area contributed by atoms with Crippen molar-refractivity contribution in [3.05, 3.63) is 113 Å². The van der Waals surface area contributed by atoms with Crippen LogP contribution in [0.1, 0.15) is 54.6 Å². The number of benzene rings is 2. The minimum absolute atomic E-state index is 0.153. The summed E-state index contributed by atoms with van der Waals surface area (Å²) in [7, 11) is 0. The van der Waals surface area contributed by atoms with Crippen LogP contribution in [0.3, 0.4) is 0 Å². The van der Waals surface area contributed by atoms with Crippen LogP contribution in [0.25, 0.3) is 33.4 Å². The van der Waals surface area contributed by atoms with Crippen LogP contribution in [0, 0.1) is 5.82 Å². The molecular formula is C34H28F4N4+2. The maximum atomic E-state index is 15.9. The van der Waals surface area contributed by atoms with Crippen LogP contribution < -0.4 is 9.13 Å². The highest BCUT2D eigenvalue weighted by atomic mass is 19.4. The predicted octanol–water partition coefficient (Wildman–Crippen LogP) is 7.04. The molecular weight excluding hydrogens is 540 g/mol. The van der Waals surface area contributed by atoms with Crippen molar-refractivity contribution >= 4 is 10.8 Å². The number of aryl methyl sites for hydroxylation is 1. The highest BCUT2D eigenvalue weighted by Gasteiger charge is 2.50. The molecule has 3 aromatic heterocycles. The van der Waals surface area contributed by atoms with Gasteiger partial charge in [0, 0.05) is 41.8 Å². The Balaban J connectivity index is 1.41. The van der Waals surface area contributed by atoms with Gasteiger partial charge in [-0.25, -0.2) is 4.39 Å². The summed E-state index contributed by atoms with van der Waals surface area (Å²) >= 11 is 0. The molecule has 0 bridgehead atoms. The smallest absolute Gasteiger partial charge is 0.258 e. The van der Waals surface area contributed by atoms with E-state index >= 15 is 4.39 Å². The molecule has 0 saturated carbocycles. The maximum Gasteiger partial charge on any atom is 0.435 e. The number of hydrogen-bond donors (Lipinski definition) is 0. The molecule has 2 unspecified atom stereocenters. The summed E-state index contributed by atoms with van der Waals surface area (Å²) in [6, 6.07) is 18.2. The zero-order valence-corrected chi connectivity index (χ0v) is 23.2. The lowest BCUT2D eigenvalue weighted by atomic mass is 9.65. The fourth-order valence-corrected chi connectivity index (χ4v) is 7.76. The van der Waals surface area contributed by atoms with Crippen LogP contribution >= 0.6 is 0 Å². The molecule has 3 aliphatic rings. The van der Waals surface area contributed by atoms with Gasteiger partial charge in [0.25, 0.3) is 0 Å². The molecule has 2 aromatic carbocycles. The molecule has 1 aliphatic carbocycles. The summed E-state index contributed by atoms with van der Waals surface area (Å²) in [5.41, 5.74) is 5.15. The average molecular weight is 569 g/mol. The Morgan fingerprint density at radius 3 is 2.67 bits per heavy atom. The summed E-state index contributed by atoms with van der Waals surface area (Å²) in [6.45, 7) is 9.40. The highest BCUT2D eigenvalue weighted by Crippen LogP contribution is 2.55.